The Labute approximate surface area is 103 Å². The number of hydrogen-bond acceptors (Lipinski definition) is 3. The van der Waals surface area contributed by atoms with Gasteiger partial charge in [-0.25, -0.2) is 4.79 Å². The summed E-state index contributed by atoms with van der Waals surface area (Å²) in [5.41, 5.74) is -2.07. The molecule has 0 atom stereocenters. The second-order valence-electron chi connectivity index (χ2n) is 3.45. The number of aromatic carboxylic acids is 1. The van der Waals surface area contributed by atoms with Gasteiger partial charge in [0.2, 0.25) is 0 Å². The number of thiophene rings is 1. The summed E-state index contributed by atoms with van der Waals surface area (Å²) < 4.78 is 39.1. The summed E-state index contributed by atoms with van der Waals surface area (Å²) >= 11 is 1.28. The number of carboxylic acid groups (broad SMARTS) is 1. The average Bonchev–Trinajstić information content (AvgIpc) is 2.85. The maximum absolute atomic E-state index is 12.8. The van der Waals surface area contributed by atoms with Crippen LogP contribution in [0.25, 0.3) is 0 Å². The van der Waals surface area contributed by atoms with E-state index in [-0.39, 0.29) is 6.54 Å². The predicted octanol–water partition coefficient (Wildman–Crippen LogP) is 2.71. The van der Waals surface area contributed by atoms with E-state index in [1.807, 2.05) is 0 Å². The van der Waals surface area contributed by atoms with Gasteiger partial charge in [-0.05, 0) is 11.4 Å². The minimum Gasteiger partial charge on any atom is -0.478 e. The van der Waals surface area contributed by atoms with E-state index in [1.54, 1.807) is 17.5 Å². The Hall–Kier alpha value is -1.83. The average molecular weight is 276 g/mol. The molecular formula is C10H7F3N2O2S. The second kappa shape index (κ2) is 4.45. The van der Waals surface area contributed by atoms with Gasteiger partial charge in [0.15, 0.2) is 5.69 Å². The van der Waals surface area contributed by atoms with E-state index < -0.39 is 23.4 Å². The van der Waals surface area contributed by atoms with Crippen molar-refractivity contribution in [2.24, 2.45) is 0 Å². The van der Waals surface area contributed by atoms with Crippen LogP contribution in [0.3, 0.4) is 0 Å². The fourth-order valence-corrected chi connectivity index (χ4v) is 2.20. The van der Waals surface area contributed by atoms with Gasteiger partial charge in [-0.15, -0.1) is 11.3 Å². The molecule has 2 heterocycles. The number of carbonyl (C=O) groups is 1. The van der Waals surface area contributed by atoms with Crippen molar-refractivity contribution in [1.82, 2.24) is 9.78 Å². The summed E-state index contributed by atoms with van der Waals surface area (Å²) in [6, 6.07) is 3.36. The molecule has 0 saturated heterocycles. The van der Waals surface area contributed by atoms with E-state index in [2.05, 4.69) is 5.10 Å². The lowest BCUT2D eigenvalue weighted by atomic mass is 10.2. The molecule has 4 nitrogen and oxygen atoms in total. The normalized spacial score (nSPS) is 11.7. The SMILES string of the molecule is O=C(O)c1cnn(Cc2cccs2)c1C(F)(F)F. The quantitative estimate of drug-likeness (QED) is 0.937. The highest BCUT2D eigenvalue weighted by Gasteiger charge is 2.40. The molecule has 2 rings (SSSR count). The molecule has 0 bridgehead atoms. The van der Waals surface area contributed by atoms with Gasteiger partial charge in [-0.2, -0.15) is 18.3 Å². The van der Waals surface area contributed by atoms with Gasteiger partial charge in [0.1, 0.15) is 5.56 Å². The zero-order valence-electron chi connectivity index (χ0n) is 8.81. The Balaban J connectivity index is 2.45. The molecule has 1 N–H and O–H groups in total. The maximum Gasteiger partial charge on any atom is 0.433 e. The van der Waals surface area contributed by atoms with Gasteiger partial charge < -0.3 is 5.11 Å². The van der Waals surface area contributed by atoms with Crippen molar-refractivity contribution in [2.75, 3.05) is 0 Å². The zero-order chi connectivity index (χ0) is 13.3. The number of rotatable bonds is 3. The van der Waals surface area contributed by atoms with Crippen molar-refractivity contribution in [3.63, 3.8) is 0 Å². The van der Waals surface area contributed by atoms with Gasteiger partial charge >= 0.3 is 12.1 Å². The number of alkyl halides is 3. The molecule has 0 saturated carbocycles. The molecule has 0 spiro atoms. The molecular weight excluding hydrogens is 269 g/mol. The largest absolute Gasteiger partial charge is 0.478 e. The molecule has 0 unspecified atom stereocenters. The van der Waals surface area contributed by atoms with E-state index in [0.717, 1.165) is 6.20 Å². The summed E-state index contributed by atoms with van der Waals surface area (Å²) in [4.78, 5) is 11.4. The minimum atomic E-state index is -4.75. The molecule has 96 valence electrons. The molecule has 0 aliphatic carbocycles. The van der Waals surface area contributed by atoms with Gasteiger partial charge in [-0.1, -0.05) is 6.07 Å². The Kier molecular flexibility index (Phi) is 3.12. The molecule has 2 aromatic rings. The van der Waals surface area contributed by atoms with Crippen molar-refractivity contribution in [3.8, 4) is 0 Å². The summed E-state index contributed by atoms with van der Waals surface area (Å²) in [5.74, 6) is -1.64. The van der Waals surface area contributed by atoms with Crippen LogP contribution in [-0.2, 0) is 12.7 Å². The number of carboxylic acids is 1. The van der Waals surface area contributed by atoms with E-state index in [4.69, 9.17) is 5.11 Å². The van der Waals surface area contributed by atoms with Crippen LogP contribution >= 0.6 is 11.3 Å². The van der Waals surface area contributed by atoms with E-state index in [1.165, 1.54) is 11.3 Å². The third-order valence-corrected chi connectivity index (χ3v) is 3.09. The highest BCUT2D eigenvalue weighted by molar-refractivity contribution is 7.09. The topological polar surface area (TPSA) is 55.1 Å². The van der Waals surface area contributed by atoms with Crippen molar-refractivity contribution >= 4 is 17.3 Å². The monoisotopic (exact) mass is 276 g/mol. The molecule has 0 aliphatic heterocycles. The Bertz CT molecular complexity index is 560. The molecule has 0 aromatic carbocycles. The highest BCUT2D eigenvalue weighted by Crippen LogP contribution is 2.32. The van der Waals surface area contributed by atoms with Crippen LogP contribution in [-0.4, -0.2) is 20.9 Å². The lowest BCUT2D eigenvalue weighted by molar-refractivity contribution is -0.144. The zero-order valence-corrected chi connectivity index (χ0v) is 9.63. The van der Waals surface area contributed by atoms with Crippen LogP contribution in [0.5, 0.6) is 0 Å². The first-order chi connectivity index (χ1) is 8.39. The van der Waals surface area contributed by atoms with Crippen LogP contribution in [0.1, 0.15) is 20.9 Å². The van der Waals surface area contributed by atoms with Crippen LogP contribution < -0.4 is 0 Å². The highest BCUT2D eigenvalue weighted by atomic mass is 32.1. The van der Waals surface area contributed by atoms with Crippen molar-refractivity contribution in [3.05, 3.63) is 39.8 Å². The minimum absolute atomic E-state index is 0.0974. The molecule has 18 heavy (non-hydrogen) atoms. The smallest absolute Gasteiger partial charge is 0.433 e. The second-order valence-corrected chi connectivity index (χ2v) is 4.48. The molecule has 2 aromatic heterocycles. The maximum atomic E-state index is 12.8. The van der Waals surface area contributed by atoms with Crippen LogP contribution in [0.4, 0.5) is 13.2 Å². The molecule has 0 radical (unpaired) electrons. The molecule has 8 heteroatoms. The van der Waals surface area contributed by atoms with E-state index >= 15 is 0 Å². The fourth-order valence-electron chi connectivity index (χ4n) is 1.51. The lowest BCUT2D eigenvalue weighted by Crippen LogP contribution is -2.18. The summed E-state index contributed by atoms with van der Waals surface area (Å²) in [6.45, 7) is -0.0974. The van der Waals surface area contributed by atoms with Gasteiger partial charge in [0.25, 0.3) is 0 Å². The third kappa shape index (κ3) is 2.37. The van der Waals surface area contributed by atoms with Crippen molar-refractivity contribution in [1.29, 1.82) is 0 Å². The van der Waals surface area contributed by atoms with Crippen LogP contribution in [0.2, 0.25) is 0 Å². The molecule has 0 amide bonds. The Morgan fingerprint density at radius 3 is 2.72 bits per heavy atom. The predicted molar refractivity (Wildman–Crippen MR) is 57.6 cm³/mol. The number of halogens is 3. The molecule has 0 aliphatic rings. The Morgan fingerprint density at radius 1 is 1.50 bits per heavy atom. The van der Waals surface area contributed by atoms with Crippen molar-refractivity contribution in [2.45, 2.75) is 12.7 Å². The first kappa shape index (κ1) is 12.6. The number of hydrogen-bond donors (Lipinski definition) is 1. The van der Waals surface area contributed by atoms with Crippen LogP contribution in [0, 0.1) is 0 Å². The third-order valence-electron chi connectivity index (χ3n) is 2.22. The van der Waals surface area contributed by atoms with Gasteiger partial charge in [0.05, 0.1) is 12.7 Å². The summed E-state index contributed by atoms with van der Waals surface area (Å²) in [6.07, 6.45) is -4.03. The number of nitrogens with zero attached hydrogens (tertiary/aromatic N) is 2. The molecule has 0 fully saturated rings. The Morgan fingerprint density at radius 2 is 2.22 bits per heavy atom. The first-order valence-electron chi connectivity index (χ1n) is 4.78. The standard InChI is InChI=1S/C10H7F3N2O2S/c11-10(12,13)8-7(9(16)17)4-14-15(8)5-6-2-1-3-18-6/h1-4H,5H2,(H,16,17). The lowest BCUT2D eigenvalue weighted by Gasteiger charge is -2.10. The summed E-state index contributed by atoms with van der Waals surface area (Å²) in [5, 5.41) is 13.9. The summed E-state index contributed by atoms with van der Waals surface area (Å²) in [7, 11) is 0. The van der Waals surface area contributed by atoms with Crippen LogP contribution in [0.15, 0.2) is 23.7 Å². The van der Waals surface area contributed by atoms with Gasteiger partial charge in [0, 0.05) is 4.88 Å². The number of aromatic nitrogens is 2. The van der Waals surface area contributed by atoms with Gasteiger partial charge in [-0.3, -0.25) is 4.68 Å². The van der Waals surface area contributed by atoms with Crippen molar-refractivity contribution < 1.29 is 23.1 Å². The van der Waals surface area contributed by atoms with E-state index in [9.17, 15) is 18.0 Å². The van der Waals surface area contributed by atoms with E-state index in [0.29, 0.717) is 9.56 Å². The fraction of sp³-hybridized carbons (Fsp3) is 0.200. The first-order valence-corrected chi connectivity index (χ1v) is 5.66.